The van der Waals surface area contributed by atoms with E-state index in [1.165, 1.54) is 31.3 Å². The van der Waals surface area contributed by atoms with Crippen LogP contribution in [0.15, 0.2) is 24.3 Å². The molecule has 0 spiro atoms. The summed E-state index contributed by atoms with van der Waals surface area (Å²) in [6.07, 6.45) is 0.993. The molecule has 2 rings (SSSR count). The van der Waals surface area contributed by atoms with E-state index in [9.17, 15) is 34.6 Å². The van der Waals surface area contributed by atoms with Gasteiger partial charge in [0.05, 0.1) is 60.1 Å². The maximum Gasteiger partial charge on any atom is 0.269 e. The van der Waals surface area contributed by atoms with Crippen molar-refractivity contribution in [2.45, 2.75) is 122 Å². The fraction of sp³-hybridized carbons (Fsp3) is 0.725. The largest absolute Gasteiger partial charge is 0.379 e. The van der Waals surface area contributed by atoms with Crippen molar-refractivity contribution in [1.29, 1.82) is 5.26 Å². The van der Waals surface area contributed by atoms with Crippen molar-refractivity contribution in [2.75, 3.05) is 49.0 Å². The third kappa shape index (κ3) is 12.2. The molecule has 0 aromatic heterocycles. The molecular formula is C40H65N7O8. The van der Waals surface area contributed by atoms with Crippen molar-refractivity contribution in [3.05, 3.63) is 39.9 Å². The maximum absolute atomic E-state index is 14.2. The predicted octanol–water partition coefficient (Wildman–Crippen LogP) is 3.89. The summed E-state index contributed by atoms with van der Waals surface area (Å²) in [7, 11) is 9.98. The molecule has 0 radical (unpaired) electrons. The molecule has 308 valence electrons. The third-order valence-corrected chi connectivity index (χ3v) is 11.4. The van der Waals surface area contributed by atoms with Crippen molar-refractivity contribution in [3.8, 4) is 6.07 Å². The molecule has 1 heterocycles. The average molecular weight is 772 g/mol. The van der Waals surface area contributed by atoms with E-state index in [4.69, 9.17) is 9.47 Å². The van der Waals surface area contributed by atoms with Crippen LogP contribution in [0.5, 0.6) is 0 Å². The zero-order valence-corrected chi connectivity index (χ0v) is 35.0. The Labute approximate surface area is 327 Å². The summed E-state index contributed by atoms with van der Waals surface area (Å²) < 4.78 is 12.0. The molecule has 4 amide bonds. The van der Waals surface area contributed by atoms with Crippen molar-refractivity contribution in [3.63, 3.8) is 0 Å². The number of non-ortho nitro benzene ring substituents is 1. The lowest BCUT2D eigenvalue weighted by atomic mass is 9.89. The Morgan fingerprint density at radius 3 is 2.22 bits per heavy atom. The normalized spacial score (nSPS) is 18.7. The van der Waals surface area contributed by atoms with E-state index in [0.717, 1.165) is 0 Å². The van der Waals surface area contributed by atoms with E-state index in [2.05, 4.69) is 11.4 Å². The lowest BCUT2D eigenvalue weighted by Gasteiger charge is -2.41. The molecule has 1 aromatic rings. The van der Waals surface area contributed by atoms with E-state index in [-0.39, 0.29) is 60.4 Å². The highest BCUT2D eigenvalue weighted by Gasteiger charge is 2.43. The average Bonchev–Trinajstić information content (AvgIpc) is 3.64. The van der Waals surface area contributed by atoms with Crippen LogP contribution in [0.1, 0.15) is 79.2 Å². The van der Waals surface area contributed by atoms with Crippen LogP contribution >= 0.6 is 0 Å². The van der Waals surface area contributed by atoms with Gasteiger partial charge in [-0.3, -0.25) is 34.2 Å². The summed E-state index contributed by atoms with van der Waals surface area (Å²) in [4.78, 5) is 72.9. The zero-order valence-electron chi connectivity index (χ0n) is 35.0. The van der Waals surface area contributed by atoms with Gasteiger partial charge in [0, 0.05) is 53.0 Å². The van der Waals surface area contributed by atoms with Gasteiger partial charge in [-0.1, -0.05) is 53.2 Å². The summed E-state index contributed by atoms with van der Waals surface area (Å²) in [5, 5.41) is 23.9. The quantitative estimate of drug-likeness (QED) is 0.142. The summed E-state index contributed by atoms with van der Waals surface area (Å²) in [6, 6.07) is 5.66. The molecular weight excluding hydrogens is 706 g/mol. The number of ether oxygens (including phenoxy) is 2. The first kappa shape index (κ1) is 47.0. The smallest absolute Gasteiger partial charge is 0.269 e. The standard InChI is InChI=1S/C40H65N7O8/c1-13-26(4)36(45(10)40(51)35(25(2)3)42-38(49)28(6)43(7)8)33(54-11)24-34(48)46-21-15-18-32(46)37(55-12)27(5)39(50)44(9)30(19-20-41)22-29-16-14-17-31(23-29)47(52)53/h14,16-17,23,25-28,30,32-33,35-37H,13,15,18-19,21-22,24H2,1-12H3,(H,42,49)/t26-,27+,28-,30+,32-,33+,35?,36-,37+/m0/s1. The number of carbonyl (C=O) groups excluding carboxylic acids is 4. The number of likely N-dealkylation sites (tertiary alicyclic amines) is 1. The van der Waals surface area contributed by atoms with E-state index in [1.807, 2.05) is 27.7 Å². The molecule has 1 fully saturated rings. The SMILES string of the molecule is CC[C@H](C)[C@@H]([C@@H](CC(=O)N1CCC[C@H]1[C@H](OC)[C@@H](C)C(=O)N(C)[C@H](CC#N)Cc1cccc([N+](=O)[O-])c1)OC)N(C)C(=O)C(NC(=O)[C@H](C)N(C)C)C(C)C. The molecule has 1 saturated heterocycles. The van der Waals surface area contributed by atoms with Gasteiger partial charge in [0.25, 0.3) is 5.69 Å². The molecule has 55 heavy (non-hydrogen) atoms. The Bertz CT molecular complexity index is 1500. The Morgan fingerprint density at radius 2 is 1.69 bits per heavy atom. The van der Waals surface area contributed by atoms with Gasteiger partial charge in [0.2, 0.25) is 23.6 Å². The Hall–Kier alpha value is -4.13. The predicted molar refractivity (Wildman–Crippen MR) is 210 cm³/mol. The van der Waals surface area contributed by atoms with Gasteiger partial charge in [-0.25, -0.2) is 0 Å². The Kier molecular flexibility index (Phi) is 18.7. The third-order valence-electron chi connectivity index (χ3n) is 11.4. The number of carbonyl (C=O) groups is 4. The number of likely N-dealkylation sites (N-methyl/N-ethyl adjacent to an activating group) is 3. The molecule has 1 aliphatic rings. The highest BCUT2D eigenvalue weighted by molar-refractivity contribution is 5.90. The van der Waals surface area contributed by atoms with Gasteiger partial charge in [-0.05, 0) is 57.7 Å². The second kappa shape index (κ2) is 21.8. The fourth-order valence-corrected chi connectivity index (χ4v) is 7.56. The monoisotopic (exact) mass is 771 g/mol. The number of amides is 4. The van der Waals surface area contributed by atoms with Crippen LogP contribution in [0.4, 0.5) is 5.69 Å². The number of benzene rings is 1. The minimum atomic E-state index is -0.777. The topological polar surface area (TPSA) is 179 Å². The fourth-order valence-electron chi connectivity index (χ4n) is 7.56. The minimum absolute atomic E-state index is 0.0118. The maximum atomic E-state index is 14.2. The van der Waals surface area contributed by atoms with E-state index in [0.29, 0.717) is 31.4 Å². The van der Waals surface area contributed by atoms with Gasteiger partial charge in [0.1, 0.15) is 6.04 Å². The van der Waals surface area contributed by atoms with Crippen molar-refractivity contribution < 1.29 is 33.6 Å². The van der Waals surface area contributed by atoms with Gasteiger partial charge in [0.15, 0.2) is 0 Å². The second-order valence-electron chi connectivity index (χ2n) is 15.6. The highest BCUT2D eigenvalue weighted by atomic mass is 16.6. The lowest BCUT2D eigenvalue weighted by molar-refractivity contribution is -0.384. The molecule has 15 nitrogen and oxygen atoms in total. The van der Waals surface area contributed by atoms with Gasteiger partial charge in [-0.15, -0.1) is 0 Å². The van der Waals surface area contributed by atoms with E-state index in [1.54, 1.807) is 68.9 Å². The van der Waals surface area contributed by atoms with E-state index < -0.39 is 53.3 Å². The number of nitriles is 1. The lowest BCUT2D eigenvalue weighted by Crippen LogP contribution is -2.59. The first-order valence-corrected chi connectivity index (χ1v) is 19.3. The molecule has 1 aromatic carbocycles. The number of nitrogens with one attached hydrogen (secondary N) is 1. The number of hydrogen-bond donors (Lipinski definition) is 1. The first-order chi connectivity index (χ1) is 25.9. The van der Waals surface area contributed by atoms with Crippen molar-refractivity contribution in [2.24, 2.45) is 17.8 Å². The van der Waals surface area contributed by atoms with Crippen LogP contribution in [-0.4, -0.2) is 140 Å². The van der Waals surface area contributed by atoms with Gasteiger partial charge < -0.3 is 29.5 Å². The number of nitro benzene ring substituents is 1. The summed E-state index contributed by atoms with van der Waals surface area (Å²) >= 11 is 0. The molecule has 0 saturated carbocycles. The first-order valence-electron chi connectivity index (χ1n) is 19.3. The van der Waals surface area contributed by atoms with Crippen LogP contribution < -0.4 is 5.32 Å². The zero-order chi connectivity index (χ0) is 41.7. The Morgan fingerprint density at radius 1 is 1.04 bits per heavy atom. The molecule has 1 N–H and O–H groups in total. The van der Waals surface area contributed by atoms with Crippen molar-refractivity contribution >= 4 is 29.3 Å². The number of nitro groups is 1. The summed E-state index contributed by atoms with van der Waals surface area (Å²) in [6.45, 7) is 11.8. The minimum Gasteiger partial charge on any atom is -0.379 e. The van der Waals surface area contributed by atoms with Gasteiger partial charge in [-0.2, -0.15) is 5.26 Å². The molecule has 1 aliphatic heterocycles. The number of rotatable bonds is 21. The second-order valence-corrected chi connectivity index (χ2v) is 15.6. The Balaban J connectivity index is 2.30. The van der Waals surface area contributed by atoms with Crippen LogP contribution in [0.25, 0.3) is 0 Å². The molecule has 1 unspecified atom stereocenters. The van der Waals surface area contributed by atoms with Crippen LogP contribution in [0.3, 0.4) is 0 Å². The summed E-state index contributed by atoms with van der Waals surface area (Å²) in [5.74, 6) is -1.89. The summed E-state index contributed by atoms with van der Waals surface area (Å²) in [5.41, 5.74) is 0.570. The van der Waals surface area contributed by atoms with E-state index >= 15 is 0 Å². The highest BCUT2D eigenvalue weighted by Crippen LogP contribution is 2.31. The number of hydrogen-bond acceptors (Lipinski definition) is 10. The number of methoxy groups -OCH3 is 2. The molecule has 15 heteroatoms. The van der Waals surface area contributed by atoms with Crippen LogP contribution in [0.2, 0.25) is 0 Å². The van der Waals surface area contributed by atoms with Crippen LogP contribution in [0, 0.1) is 39.2 Å². The molecule has 0 aliphatic carbocycles. The number of nitrogens with zero attached hydrogens (tertiary/aromatic N) is 6. The van der Waals surface area contributed by atoms with Crippen LogP contribution in [-0.2, 0) is 35.1 Å². The molecule has 0 bridgehead atoms. The van der Waals surface area contributed by atoms with Crippen molar-refractivity contribution in [1.82, 2.24) is 24.9 Å². The molecule has 9 atom stereocenters. The van der Waals surface area contributed by atoms with Gasteiger partial charge >= 0.3 is 0 Å².